The molecule has 2 bridgehead atoms. The van der Waals surface area contributed by atoms with Crippen LogP contribution < -0.4 is 0 Å². The summed E-state index contributed by atoms with van der Waals surface area (Å²) >= 11 is 0. The minimum atomic E-state index is -0.492. The summed E-state index contributed by atoms with van der Waals surface area (Å²) in [5, 5.41) is 0. The molecular formula is C8H13BO4. The fraction of sp³-hybridized carbons (Fsp3) is 1.00. The highest BCUT2D eigenvalue weighted by atomic mass is 16.7. The molecule has 0 amide bonds. The molecule has 13 heavy (non-hydrogen) atoms. The van der Waals surface area contributed by atoms with Crippen LogP contribution in [-0.4, -0.2) is 59.1 Å². The molecule has 0 N–H and O–H groups in total. The summed E-state index contributed by atoms with van der Waals surface area (Å²) in [7, 11) is 8.98. The summed E-state index contributed by atoms with van der Waals surface area (Å²) < 4.78 is 21.5. The monoisotopic (exact) mass is 184 g/mol. The van der Waals surface area contributed by atoms with Gasteiger partial charge in [0, 0.05) is 20.2 Å². The second kappa shape index (κ2) is 3.24. The van der Waals surface area contributed by atoms with Gasteiger partial charge in [-0.05, 0) is 0 Å². The van der Waals surface area contributed by atoms with Crippen LogP contribution >= 0.6 is 0 Å². The maximum absolute atomic E-state index is 5.72. The van der Waals surface area contributed by atoms with Gasteiger partial charge in [0.25, 0.3) is 0 Å². The van der Waals surface area contributed by atoms with E-state index < -0.39 is 11.6 Å². The van der Waals surface area contributed by atoms with Crippen molar-refractivity contribution in [2.24, 2.45) is 0 Å². The number of fused-ring (bicyclic) bond motifs is 2. The minimum absolute atomic E-state index is 0.109. The summed E-state index contributed by atoms with van der Waals surface area (Å²) in [5.41, 5.74) is -0.492. The molecule has 2 saturated heterocycles. The molecule has 0 saturated carbocycles. The standard InChI is InChI=1S/C8H13BO4/c1-10-3-8-4-12-5(6(8)11-2)7(9)13-8/h5-7H,3-4H2,1-2H3/t5-,6+,7?,8-/m1/s1. The molecule has 4 atom stereocenters. The summed E-state index contributed by atoms with van der Waals surface area (Å²) in [6.45, 7) is 0.952. The van der Waals surface area contributed by atoms with Crippen molar-refractivity contribution in [2.45, 2.75) is 23.8 Å². The number of hydrogen-bond donors (Lipinski definition) is 0. The van der Waals surface area contributed by atoms with Crippen molar-refractivity contribution in [3.8, 4) is 0 Å². The van der Waals surface area contributed by atoms with Gasteiger partial charge in [0.05, 0.1) is 13.2 Å². The van der Waals surface area contributed by atoms with E-state index in [0.717, 1.165) is 0 Å². The van der Waals surface area contributed by atoms with Crippen molar-refractivity contribution in [3.63, 3.8) is 0 Å². The molecule has 1 unspecified atom stereocenters. The topological polar surface area (TPSA) is 36.9 Å². The largest absolute Gasteiger partial charge is 0.381 e. The zero-order valence-corrected chi connectivity index (χ0v) is 7.86. The predicted octanol–water partition coefficient (Wildman–Crippen LogP) is -0.690. The highest BCUT2D eigenvalue weighted by Crippen LogP contribution is 2.40. The van der Waals surface area contributed by atoms with Crippen LogP contribution in [0.2, 0.25) is 0 Å². The molecule has 2 heterocycles. The van der Waals surface area contributed by atoms with Crippen molar-refractivity contribution in [2.75, 3.05) is 27.4 Å². The Morgan fingerprint density at radius 3 is 2.85 bits per heavy atom. The molecule has 0 spiro atoms. The summed E-state index contributed by atoms with van der Waals surface area (Å²) in [6.07, 6.45) is -0.261. The third-order valence-electron chi connectivity index (χ3n) is 2.67. The van der Waals surface area contributed by atoms with Gasteiger partial charge in [-0.3, -0.25) is 0 Å². The van der Waals surface area contributed by atoms with Crippen LogP contribution in [0.5, 0.6) is 0 Å². The van der Waals surface area contributed by atoms with Gasteiger partial charge < -0.3 is 18.9 Å². The Balaban J connectivity index is 2.17. The Hall–Kier alpha value is -0.0951. The maximum Gasteiger partial charge on any atom is 0.143 e. The minimum Gasteiger partial charge on any atom is -0.381 e. The van der Waals surface area contributed by atoms with Crippen LogP contribution in [0.4, 0.5) is 0 Å². The lowest BCUT2D eigenvalue weighted by molar-refractivity contribution is -0.144. The molecule has 0 aliphatic carbocycles. The second-order valence-electron chi connectivity index (χ2n) is 3.51. The van der Waals surface area contributed by atoms with Crippen molar-refractivity contribution >= 4 is 7.85 Å². The third kappa shape index (κ3) is 1.22. The van der Waals surface area contributed by atoms with E-state index in [9.17, 15) is 0 Å². The van der Waals surface area contributed by atoms with Crippen LogP contribution in [0.15, 0.2) is 0 Å². The summed E-state index contributed by atoms with van der Waals surface area (Å²) in [6, 6.07) is -0.395. The van der Waals surface area contributed by atoms with Gasteiger partial charge in [-0.25, -0.2) is 0 Å². The molecule has 0 aromatic heterocycles. The van der Waals surface area contributed by atoms with Gasteiger partial charge in [0.1, 0.15) is 25.7 Å². The fourth-order valence-electron chi connectivity index (χ4n) is 2.16. The Bertz CT molecular complexity index is 201. The van der Waals surface area contributed by atoms with Crippen LogP contribution in [0, 0.1) is 0 Å². The van der Waals surface area contributed by atoms with E-state index in [-0.39, 0.29) is 12.2 Å². The van der Waals surface area contributed by atoms with Gasteiger partial charge in [0.2, 0.25) is 0 Å². The fourth-order valence-corrected chi connectivity index (χ4v) is 2.16. The molecule has 72 valence electrons. The van der Waals surface area contributed by atoms with E-state index in [1.807, 2.05) is 0 Å². The first-order chi connectivity index (χ1) is 6.23. The lowest BCUT2D eigenvalue weighted by Gasteiger charge is -2.29. The molecule has 0 aromatic rings. The molecule has 2 fully saturated rings. The van der Waals surface area contributed by atoms with Crippen molar-refractivity contribution in [3.05, 3.63) is 0 Å². The molecule has 2 aliphatic heterocycles. The molecular weight excluding hydrogens is 171 g/mol. The molecule has 5 heteroatoms. The van der Waals surface area contributed by atoms with E-state index in [2.05, 4.69) is 0 Å². The third-order valence-corrected chi connectivity index (χ3v) is 2.67. The van der Waals surface area contributed by atoms with E-state index in [1.54, 1.807) is 14.2 Å². The SMILES string of the molecule is [B]C1O[C@]2(COC)CO[C@@H]1[C@@H]2OC. The predicted molar refractivity (Wildman–Crippen MR) is 45.8 cm³/mol. The number of ether oxygens (including phenoxy) is 4. The van der Waals surface area contributed by atoms with Gasteiger partial charge in [-0.15, -0.1) is 0 Å². The van der Waals surface area contributed by atoms with Gasteiger partial charge >= 0.3 is 0 Å². The lowest BCUT2D eigenvalue weighted by Crippen LogP contribution is -2.45. The Morgan fingerprint density at radius 2 is 2.31 bits per heavy atom. The Morgan fingerprint density at radius 1 is 1.54 bits per heavy atom. The van der Waals surface area contributed by atoms with Gasteiger partial charge in [-0.2, -0.15) is 0 Å². The molecule has 0 aromatic carbocycles. The molecule has 2 rings (SSSR count). The first kappa shape index (κ1) is 9.46. The van der Waals surface area contributed by atoms with E-state index in [1.165, 1.54) is 0 Å². The lowest BCUT2D eigenvalue weighted by atomic mass is 9.92. The molecule has 4 nitrogen and oxygen atoms in total. The zero-order chi connectivity index (χ0) is 9.47. The number of hydrogen-bond acceptors (Lipinski definition) is 4. The van der Waals surface area contributed by atoms with E-state index in [0.29, 0.717) is 13.2 Å². The molecule has 2 aliphatic rings. The first-order valence-corrected chi connectivity index (χ1v) is 4.30. The van der Waals surface area contributed by atoms with Crippen LogP contribution in [0.25, 0.3) is 0 Å². The van der Waals surface area contributed by atoms with E-state index in [4.69, 9.17) is 26.8 Å². The van der Waals surface area contributed by atoms with Gasteiger partial charge in [-0.1, -0.05) is 0 Å². The average Bonchev–Trinajstić information content (AvgIpc) is 2.55. The van der Waals surface area contributed by atoms with Crippen molar-refractivity contribution < 1.29 is 18.9 Å². The Labute approximate surface area is 78.9 Å². The van der Waals surface area contributed by atoms with Crippen molar-refractivity contribution in [1.29, 1.82) is 0 Å². The van der Waals surface area contributed by atoms with E-state index >= 15 is 0 Å². The smallest absolute Gasteiger partial charge is 0.143 e. The van der Waals surface area contributed by atoms with Gasteiger partial charge in [0.15, 0.2) is 0 Å². The zero-order valence-electron chi connectivity index (χ0n) is 7.86. The highest BCUT2D eigenvalue weighted by Gasteiger charge is 2.60. The van der Waals surface area contributed by atoms with Crippen LogP contribution in [0.3, 0.4) is 0 Å². The number of methoxy groups -OCH3 is 2. The second-order valence-corrected chi connectivity index (χ2v) is 3.51. The average molecular weight is 184 g/mol. The summed E-state index contributed by atoms with van der Waals surface area (Å²) in [4.78, 5) is 0. The highest BCUT2D eigenvalue weighted by molar-refractivity contribution is 6.11. The molecule has 2 radical (unpaired) electrons. The number of rotatable bonds is 3. The first-order valence-electron chi connectivity index (χ1n) is 4.30. The maximum atomic E-state index is 5.72. The normalized spacial score (nSPS) is 48.6. The quantitative estimate of drug-likeness (QED) is 0.544. The summed E-state index contributed by atoms with van der Waals surface area (Å²) in [5.74, 6) is 0. The van der Waals surface area contributed by atoms with Crippen LogP contribution in [0.1, 0.15) is 0 Å². The van der Waals surface area contributed by atoms with Crippen molar-refractivity contribution in [1.82, 2.24) is 0 Å². The van der Waals surface area contributed by atoms with Crippen LogP contribution in [-0.2, 0) is 18.9 Å². The Kier molecular flexibility index (Phi) is 2.36.